The second-order valence-corrected chi connectivity index (χ2v) is 14.0. The number of methoxy groups -OCH3 is 1. The van der Waals surface area contributed by atoms with Crippen molar-refractivity contribution in [2.75, 3.05) is 13.7 Å². The van der Waals surface area contributed by atoms with Crippen LogP contribution in [-0.2, 0) is 50.3 Å². The fraction of sp³-hybridized carbons (Fsp3) is 0.538. The number of nitrogens with zero attached hydrogens (tertiary/aromatic N) is 1. The van der Waals surface area contributed by atoms with E-state index < -0.39 is 76.6 Å². The van der Waals surface area contributed by atoms with Crippen LogP contribution in [0.1, 0.15) is 83.3 Å². The topological polar surface area (TPSA) is 160 Å². The van der Waals surface area contributed by atoms with Gasteiger partial charge in [-0.2, -0.15) is 13.2 Å². The number of benzene rings is 2. The van der Waals surface area contributed by atoms with Crippen molar-refractivity contribution in [2.24, 2.45) is 0 Å². The van der Waals surface area contributed by atoms with Crippen LogP contribution in [0, 0.1) is 0 Å². The van der Waals surface area contributed by atoms with Crippen LogP contribution >= 0.6 is 0 Å². The molecule has 2 aliphatic rings. The zero-order chi connectivity index (χ0) is 39.7. The number of fused-ring (bicyclic) bond motifs is 1. The molecule has 2 aromatic carbocycles. The molecule has 0 bridgehead atoms. The molecule has 0 spiro atoms. The molecule has 0 radical (unpaired) electrons. The monoisotopic (exact) mass is 758 g/mol. The minimum atomic E-state index is -5.19. The number of carbonyl (C=O) groups excluding carboxylic acids is 6. The van der Waals surface area contributed by atoms with Gasteiger partial charge in [0.25, 0.3) is 5.60 Å². The zero-order valence-electron chi connectivity index (χ0n) is 31.0. The Morgan fingerprint density at radius 3 is 2.19 bits per heavy atom. The zero-order valence-corrected chi connectivity index (χ0v) is 31.0. The number of ether oxygens (including phenoxy) is 2. The predicted molar refractivity (Wildman–Crippen MR) is 190 cm³/mol. The lowest BCUT2D eigenvalue weighted by Crippen LogP contribution is -2.65. The molecule has 3 N–H and O–H groups in total. The number of nitrogens with one attached hydrogen (secondary N) is 3. The van der Waals surface area contributed by atoms with Crippen LogP contribution in [-0.4, -0.2) is 89.9 Å². The van der Waals surface area contributed by atoms with E-state index in [4.69, 9.17) is 9.47 Å². The molecule has 0 unspecified atom stereocenters. The van der Waals surface area contributed by atoms with Gasteiger partial charge in [-0.25, -0.2) is 4.79 Å². The Balaban J connectivity index is 1.39. The highest BCUT2D eigenvalue weighted by Gasteiger charge is 2.64. The van der Waals surface area contributed by atoms with Crippen LogP contribution in [0.4, 0.5) is 13.2 Å². The van der Waals surface area contributed by atoms with Gasteiger partial charge in [-0.15, -0.1) is 0 Å². The second-order valence-electron chi connectivity index (χ2n) is 14.0. The molecule has 12 nitrogen and oxygen atoms in total. The first-order valence-electron chi connectivity index (χ1n) is 18.3. The Morgan fingerprint density at radius 1 is 0.926 bits per heavy atom. The van der Waals surface area contributed by atoms with Crippen LogP contribution in [0.25, 0.3) is 0 Å². The Kier molecular flexibility index (Phi) is 14.0. The lowest BCUT2D eigenvalue weighted by Gasteiger charge is -2.36. The van der Waals surface area contributed by atoms with Crippen LogP contribution < -0.4 is 16.0 Å². The fourth-order valence-corrected chi connectivity index (χ4v) is 6.80. The van der Waals surface area contributed by atoms with E-state index >= 15 is 0 Å². The van der Waals surface area contributed by atoms with Gasteiger partial charge >= 0.3 is 12.1 Å². The van der Waals surface area contributed by atoms with Crippen molar-refractivity contribution in [3.63, 3.8) is 0 Å². The maximum Gasteiger partial charge on any atom is 0.432 e. The van der Waals surface area contributed by atoms with E-state index in [1.165, 1.54) is 30.0 Å². The molecule has 0 aromatic heterocycles. The van der Waals surface area contributed by atoms with Gasteiger partial charge < -0.3 is 30.3 Å². The average Bonchev–Trinajstić information content (AvgIpc) is 3.64. The number of unbranched alkanes of at least 4 members (excludes halogenated alkanes) is 2. The van der Waals surface area contributed by atoms with Crippen molar-refractivity contribution in [2.45, 2.75) is 120 Å². The number of esters is 1. The summed E-state index contributed by atoms with van der Waals surface area (Å²) >= 11 is 0. The summed E-state index contributed by atoms with van der Waals surface area (Å²) in [5.41, 5.74) is -4.51. The summed E-state index contributed by atoms with van der Waals surface area (Å²) in [5, 5.41) is 8.44. The molecular formula is C39H49F3N4O8. The summed E-state index contributed by atoms with van der Waals surface area (Å²) < 4.78 is 52.4. The highest BCUT2D eigenvalue weighted by Crippen LogP contribution is 2.43. The largest absolute Gasteiger partial charge is 0.452 e. The molecule has 4 amide bonds. The van der Waals surface area contributed by atoms with Gasteiger partial charge in [0.05, 0.1) is 0 Å². The van der Waals surface area contributed by atoms with Gasteiger partial charge in [0.1, 0.15) is 23.7 Å². The molecule has 54 heavy (non-hydrogen) atoms. The predicted octanol–water partition coefficient (Wildman–Crippen LogP) is 4.04. The Labute approximate surface area is 312 Å². The normalized spacial score (nSPS) is 24.1. The van der Waals surface area contributed by atoms with E-state index in [1.54, 1.807) is 13.8 Å². The molecule has 294 valence electrons. The number of amides is 4. The summed E-state index contributed by atoms with van der Waals surface area (Å²) in [6, 6.07) is 12.6. The molecule has 2 fully saturated rings. The van der Waals surface area contributed by atoms with Crippen LogP contribution in [0.5, 0.6) is 0 Å². The first-order valence-corrected chi connectivity index (χ1v) is 18.3. The standard InChI is InChI=1S/C39H49F3N4O8/c1-5-37(3)35(51)44-29(24-26-16-9-6-10-17-26)34(50)46-23-15-21-30(46)33(49)43-28(32(48)45-37)20-13-8-14-22-31(47)25(2)54-36(52)38(53-4,39(40,41)42)27-18-11-7-12-19-27/h6-7,9-12,16-19,25,28-30H,5,8,13-15,20-24H2,1-4H3,(H,43,49)(H,44,51)(H,45,48)/t25-,28+,29-,30-,37-,38+/m1/s1. The highest BCUT2D eigenvalue weighted by molar-refractivity contribution is 5.99. The third kappa shape index (κ3) is 9.46. The Hall–Kier alpha value is -4.79. The van der Waals surface area contributed by atoms with Crippen LogP contribution in [0.3, 0.4) is 0 Å². The van der Waals surface area contributed by atoms with Gasteiger partial charge in [0, 0.05) is 32.1 Å². The number of halogens is 3. The van der Waals surface area contributed by atoms with Gasteiger partial charge in [-0.3, -0.25) is 24.0 Å². The quantitative estimate of drug-likeness (QED) is 0.192. The van der Waals surface area contributed by atoms with Crippen molar-refractivity contribution in [1.82, 2.24) is 20.9 Å². The van der Waals surface area contributed by atoms with Crippen molar-refractivity contribution < 1.29 is 51.4 Å². The molecule has 2 aromatic rings. The highest BCUT2D eigenvalue weighted by atomic mass is 19.4. The molecular weight excluding hydrogens is 709 g/mol. The van der Waals surface area contributed by atoms with Crippen molar-refractivity contribution >= 4 is 35.4 Å². The third-order valence-electron chi connectivity index (χ3n) is 10.3. The van der Waals surface area contributed by atoms with Gasteiger partial charge in [-0.1, -0.05) is 80.4 Å². The van der Waals surface area contributed by atoms with E-state index in [0.29, 0.717) is 32.2 Å². The van der Waals surface area contributed by atoms with Crippen LogP contribution in [0.2, 0.25) is 0 Å². The first-order chi connectivity index (χ1) is 25.6. The van der Waals surface area contributed by atoms with Crippen molar-refractivity contribution in [3.8, 4) is 0 Å². The minimum absolute atomic E-state index is 0.133. The molecule has 4 rings (SSSR count). The molecule has 2 heterocycles. The molecule has 2 aliphatic heterocycles. The lowest BCUT2D eigenvalue weighted by atomic mass is 9.92. The maximum absolute atomic E-state index is 14.2. The fourth-order valence-electron chi connectivity index (χ4n) is 6.80. The molecule has 6 atom stereocenters. The van der Waals surface area contributed by atoms with E-state index in [1.807, 2.05) is 30.3 Å². The maximum atomic E-state index is 14.2. The number of Topliss-reactive ketones (excluding diaryl/α,β-unsaturated/α-hetero) is 1. The van der Waals surface area contributed by atoms with Gasteiger partial charge in [0.2, 0.25) is 23.6 Å². The van der Waals surface area contributed by atoms with Crippen LogP contribution in [0.15, 0.2) is 60.7 Å². The summed E-state index contributed by atoms with van der Waals surface area (Å²) in [6.45, 7) is 4.78. The summed E-state index contributed by atoms with van der Waals surface area (Å²) in [5.74, 6) is -4.37. The number of alkyl halides is 3. The second kappa shape index (κ2) is 18.0. The first kappa shape index (κ1) is 42.0. The molecule has 0 aliphatic carbocycles. The molecule has 0 saturated carbocycles. The third-order valence-corrected chi connectivity index (χ3v) is 10.3. The van der Waals surface area contributed by atoms with E-state index in [2.05, 4.69) is 16.0 Å². The lowest BCUT2D eigenvalue weighted by molar-refractivity contribution is -0.277. The molecule has 15 heteroatoms. The van der Waals surface area contributed by atoms with E-state index in [0.717, 1.165) is 24.8 Å². The van der Waals surface area contributed by atoms with E-state index in [9.17, 15) is 41.9 Å². The molecule has 2 saturated heterocycles. The number of hydrogen-bond acceptors (Lipinski definition) is 8. The smallest absolute Gasteiger partial charge is 0.432 e. The summed E-state index contributed by atoms with van der Waals surface area (Å²) in [7, 11) is 0.739. The van der Waals surface area contributed by atoms with Crippen molar-refractivity contribution in [1.29, 1.82) is 0 Å². The number of rotatable bonds is 14. The minimum Gasteiger partial charge on any atom is -0.452 e. The van der Waals surface area contributed by atoms with Gasteiger partial charge in [-0.05, 0) is 51.5 Å². The van der Waals surface area contributed by atoms with E-state index in [-0.39, 0.29) is 38.0 Å². The van der Waals surface area contributed by atoms with Gasteiger partial charge in [0.15, 0.2) is 11.9 Å². The van der Waals surface area contributed by atoms with Crippen molar-refractivity contribution in [3.05, 3.63) is 71.8 Å². The number of ketones is 1. The Bertz CT molecular complexity index is 1660. The number of hydrogen-bond donors (Lipinski definition) is 3. The average molecular weight is 759 g/mol. The Morgan fingerprint density at radius 2 is 1.57 bits per heavy atom. The SMILES string of the molecule is CC[C@@]1(C)NC(=O)[C@H](CCCCCC(=O)[C@@H](C)OC(=O)[C@@](OC)(c2ccccc2)C(F)(F)F)NC(=O)[C@H]2CCCN2C(=O)[C@@H](Cc2ccccc2)NC1=O. The summed E-state index contributed by atoms with van der Waals surface area (Å²) in [4.78, 5) is 82.2. The number of carbonyl (C=O) groups is 6. The summed E-state index contributed by atoms with van der Waals surface area (Å²) in [6.07, 6.45) is -4.38.